The first kappa shape index (κ1) is 11.6. The molecule has 0 aromatic carbocycles. The van der Waals surface area contributed by atoms with Crippen molar-refractivity contribution >= 4 is 22.9 Å². The van der Waals surface area contributed by atoms with Gasteiger partial charge in [0.1, 0.15) is 0 Å². The van der Waals surface area contributed by atoms with Gasteiger partial charge in [0.2, 0.25) is 0 Å². The van der Waals surface area contributed by atoms with Gasteiger partial charge in [0.05, 0.1) is 5.02 Å². The van der Waals surface area contributed by atoms with Gasteiger partial charge in [-0.1, -0.05) is 11.6 Å². The van der Waals surface area contributed by atoms with Crippen LogP contribution in [0, 0.1) is 0 Å². The zero-order valence-electron chi connectivity index (χ0n) is 8.98. The molecule has 0 aliphatic heterocycles. The SMILES string of the molecule is CC(NCc1cc(Cl)cs1)c1ccncc1. The van der Waals surface area contributed by atoms with Gasteiger partial charge >= 0.3 is 0 Å². The largest absolute Gasteiger partial charge is 0.305 e. The second-order valence-corrected chi connectivity index (χ2v) is 5.05. The Kier molecular flexibility index (Phi) is 3.93. The molecular weight excluding hydrogens is 240 g/mol. The molecule has 1 unspecified atom stereocenters. The fourth-order valence-electron chi connectivity index (χ4n) is 1.47. The maximum absolute atomic E-state index is 5.87. The number of rotatable bonds is 4. The molecular formula is C12H13ClN2S. The lowest BCUT2D eigenvalue weighted by atomic mass is 10.1. The van der Waals surface area contributed by atoms with Crippen LogP contribution in [0.4, 0.5) is 0 Å². The molecule has 2 nitrogen and oxygen atoms in total. The molecule has 0 aliphatic rings. The number of hydrogen-bond acceptors (Lipinski definition) is 3. The zero-order valence-corrected chi connectivity index (χ0v) is 10.6. The first-order valence-electron chi connectivity index (χ1n) is 5.12. The van der Waals surface area contributed by atoms with Crippen LogP contribution in [0.15, 0.2) is 36.0 Å². The van der Waals surface area contributed by atoms with Gasteiger partial charge in [-0.25, -0.2) is 0 Å². The Bertz CT molecular complexity index is 441. The van der Waals surface area contributed by atoms with Crippen LogP contribution in [0.1, 0.15) is 23.4 Å². The highest BCUT2D eigenvalue weighted by Gasteiger charge is 2.04. The third-order valence-corrected chi connectivity index (χ3v) is 3.69. The lowest BCUT2D eigenvalue weighted by Gasteiger charge is -2.12. The highest BCUT2D eigenvalue weighted by atomic mass is 35.5. The molecule has 0 saturated heterocycles. The summed E-state index contributed by atoms with van der Waals surface area (Å²) in [6.07, 6.45) is 3.63. The predicted octanol–water partition coefficient (Wildman–Crippen LogP) is 3.65. The molecule has 2 aromatic rings. The normalized spacial score (nSPS) is 12.6. The van der Waals surface area contributed by atoms with Gasteiger partial charge in [-0.2, -0.15) is 0 Å². The van der Waals surface area contributed by atoms with Crippen LogP contribution in [0.5, 0.6) is 0 Å². The van der Waals surface area contributed by atoms with Crippen LogP contribution in [-0.4, -0.2) is 4.98 Å². The number of hydrogen-bond donors (Lipinski definition) is 1. The summed E-state index contributed by atoms with van der Waals surface area (Å²) < 4.78 is 0. The number of pyridine rings is 1. The molecule has 2 aromatic heterocycles. The van der Waals surface area contributed by atoms with Crippen LogP contribution >= 0.6 is 22.9 Å². The van der Waals surface area contributed by atoms with Crippen molar-refractivity contribution in [2.45, 2.75) is 19.5 Å². The Labute approximate surface area is 104 Å². The van der Waals surface area contributed by atoms with Gasteiger partial charge in [0.15, 0.2) is 0 Å². The summed E-state index contributed by atoms with van der Waals surface area (Å²) in [4.78, 5) is 5.26. The highest BCUT2D eigenvalue weighted by molar-refractivity contribution is 7.10. The number of halogens is 1. The quantitative estimate of drug-likeness (QED) is 0.899. The summed E-state index contributed by atoms with van der Waals surface area (Å²) in [6, 6.07) is 6.38. The molecule has 0 spiro atoms. The summed E-state index contributed by atoms with van der Waals surface area (Å²) >= 11 is 7.55. The summed E-state index contributed by atoms with van der Waals surface area (Å²) in [5, 5.41) is 6.22. The van der Waals surface area contributed by atoms with Gasteiger partial charge in [-0.05, 0) is 30.7 Å². The molecule has 16 heavy (non-hydrogen) atoms. The van der Waals surface area contributed by atoms with E-state index in [0.29, 0.717) is 6.04 Å². The van der Waals surface area contributed by atoms with E-state index in [9.17, 15) is 0 Å². The number of thiophene rings is 1. The van der Waals surface area contributed by atoms with Crippen molar-refractivity contribution in [3.05, 3.63) is 51.4 Å². The predicted molar refractivity (Wildman–Crippen MR) is 68.8 cm³/mol. The molecule has 1 N–H and O–H groups in total. The standard InChI is InChI=1S/C12H13ClN2S/c1-9(10-2-4-14-5-3-10)15-7-12-6-11(13)8-16-12/h2-6,8-9,15H,7H2,1H3. The monoisotopic (exact) mass is 252 g/mol. The average Bonchev–Trinajstić information content (AvgIpc) is 2.73. The van der Waals surface area contributed by atoms with Crippen molar-refractivity contribution in [1.82, 2.24) is 10.3 Å². The topological polar surface area (TPSA) is 24.9 Å². The Morgan fingerprint density at radius 2 is 2.19 bits per heavy atom. The van der Waals surface area contributed by atoms with E-state index in [2.05, 4.69) is 17.2 Å². The van der Waals surface area contributed by atoms with Gasteiger partial charge in [0.25, 0.3) is 0 Å². The van der Waals surface area contributed by atoms with Gasteiger partial charge in [-0.15, -0.1) is 11.3 Å². The fraction of sp³-hybridized carbons (Fsp3) is 0.250. The van der Waals surface area contributed by atoms with E-state index >= 15 is 0 Å². The first-order chi connectivity index (χ1) is 7.75. The van der Waals surface area contributed by atoms with Crippen molar-refractivity contribution in [2.24, 2.45) is 0 Å². The second-order valence-electron chi connectivity index (χ2n) is 3.61. The Morgan fingerprint density at radius 1 is 1.44 bits per heavy atom. The van der Waals surface area contributed by atoms with Crippen LogP contribution in [0.3, 0.4) is 0 Å². The van der Waals surface area contributed by atoms with Crippen LogP contribution in [0.2, 0.25) is 5.02 Å². The van der Waals surface area contributed by atoms with Crippen molar-refractivity contribution in [2.75, 3.05) is 0 Å². The van der Waals surface area contributed by atoms with Crippen LogP contribution < -0.4 is 5.32 Å². The summed E-state index contributed by atoms with van der Waals surface area (Å²) in [5.74, 6) is 0. The molecule has 0 saturated carbocycles. The van der Waals surface area contributed by atoms with Gasteiger partial charge in [0, 0.05) is 35.2 Å². The molecule has 84 valence electrons. The maximum Gasteiger partial charge on any atom is 0.0516 e. The van der Waals surface area contributed by atoms with Crippen LogP contribution in [-0.2, 0) is 6.54 Å². The minimum Gasteiger partial charge on any atom is -0.305 e. The lowest BCUT2D eigenvalue weighted by Crippen LogP contribution is -2.17. The van der Waals surface area contributed by atoms with Crippen molar-refractivity contribution in [1.29, 1.82) is 0 Å². The van der Waals surface area contributed by atoms with E-state index in [1.807, 2.05) is 36.0 Å². The fourth-order valence-corrected chi connectivity index (χ4v) is 2.49. The summed E-state index contributed by atoms with van der Waals surface area (Å²) in [5.41, 5.74) is 1.25. The van der Waals surface area contributed by atoms with Crippen LogP contribution in [0.25, 0.3) is 0 Å². The van der Waals surface area contributed by atoms with Crippen molar-refractivity contribution in [3.8, 4) is 0 Å². The molecule has 4 heteroatoms. The minimum absolute atomic E-state index is 0.323. The second kappa shape index (κ2) is 5.43. The van der Waals surface area contributed by atoms with Crippen molar-refractivity contribution < 1.29 is 0 Å². The summed E-state index contributed by atoms with van der Waals surface area (Å²) in [7, 11) is 0. The highest BCUT2D eigenvalue weighted by Crippen LogP contribution is 2.20. The van der Waals surface area contributed by atoms with E-state index in [1.165, 1.54) is 10.4 Å². The molecule has 0 fully saturated rings. The minimum atomic E-state index is 0.323. The average molecular weight is 253 g/mol. The molecule has 0 bridgehead atoms. The number of nitrogens with zero attached hydrogens (tertiary/aromatic N) is 1. The van der Waals surface area contributed by atoms with Crippen molar-refractivity contribution in [3.63, 3.8) is 0 Å². The van der Waals surface area contributed by atoms with Gasteiger partial charge in [-0.3, -0.25) is 4.98 Å². The molecule has 0 amide bonds. The number of aromatic nitrogens is 1. The summed E-state index contributed by atoms with van der Waals surface area (Å²) in [6.45, 7) is 2.99. The molecule has 2 heterocycles. The van der Waals surface area contributed by atoms with E-state index in [4.69, 9.17) is 11.6 Å². The Hall–Kier alpha value is -0.900. The lowest BCUT2D eigenvalue weighted by molar-refractivity contribution is 0.578. The third-order valence-electron chi connectivity index (χ3n) is 2.41. The molecule has 0 radical (unpaired) electrons. The molecule has 1 atom stereocenters. The first-order valence-corrected chi connectivity index (χ1v) is 6.37. The number of nitrogens with one attached hydrogen (secondary N) is 1. The molecule has 0 aliphatic carbocycles. The van der Waals surface area contributed by atoms with E-state index in [-0.39, 0.29) is 0 Å². The van der Waals surface area contributed by atoms with E-state index < -0.39 is 0 Å². The van der Waals surface area contributed by atoms with E-state index in [0.717, 1.165) is 11.6 Å². The zero-order chi connectivity index (χ0) is 11.4. The molecule has 2 rings (SSSR count). The Morgan fingerprint density at radius 3 is 2.81 bits per heavy atom. The third kappa shape index (κ3) is 3.04. The Balaban J connectivity index is 1.91. The van der Waals surface area contributed by atoms with Gasteiger partial charge < -0.3 is 5.32 Å². The maximum atomic E-state index is 5.87. The van der Waals surface area contributed by atoms with E-state index in [1.54, 1.807) is 11.3 Å². The smallest absolute Gasteiger partial charge is 0.0516 e.